The Labute approximate surface area is 259 Å². The first-order valence-electron chi connectivity index (χ1n) is 16.5. The lowest BCUT2D eigenvalue weighted by atomic mass is 9.85. The molecular weight excluding hydrogens is 560 g/mol. The molecule has 2 aliphatic carbocycles. The minimum Gasteiger partial charge on any atom is -0.490 e. The molecule has 3 fully saturated rings. The number of hydrogen-bond acceptors (Lipinski definition) is 8. The predicted molar refractivity (Wildman–Crippen MR) is 164 cm³/mol. The van der Waals surface area contributed by atoms with Gasteiger partial charge in [0.15, 0.2) is 0 Å². The number of rotatable bonds is 3. The largest absolute Gasteiger partial charge is 0.490 e. The fourth-order valence-electron chi connectivity index (χ4n) is 6.94. The molecule has 2 aliphatic heterocycles. The van der Waals surface area contributed by atoms with E-state index in [0.717, 1.165) is 81.0 Å². The third kappa shape index (κ3) is 6.64. The van der Waals surface area contributed by atoms with Crippen molar-refractivity contribution in [2.24, 2.45) is 17.3 Å². The summed E-state index contributed by atoms with van der Waals surface area (Å²) in [5, 5.41) is 2.88. The Hall–Kier alpha value is -3.43. The number of nitrogens with one attached hydrogen (secondary N) is 1. The lowest BCUT2D eigenvalue weighted by molar-refractivity contribution is -0.139. The van der Waals surface area contributed by atoms with Gasteiger partial charge in [0.2, 0.25) is 11.8 Å². The zero-order valence-corrected chi connectivity index (χ0v) is 26.4. The van der Waals surface area contributed by atoms with Crippen molar-refractivity contribution in [2.75, 3.05) is 6.54 Å². The number of fused-ring (bicyclic) bond motifs is 5. The lowest BCUT2D eigenvalue weighted by Crippen LogP contribution is -2.56. The number of aryl methyl sites for hydroxylation is 1. The van der Waals surface area contributed by atoms with Crippen LogP contribution < -0.4 is 14.8 Å². The Balaban J connectivity index is 1.33. The van der Waals surface area contributed by atoms with Crippen molar-refractivity contribution in [3.8, 4) is 11.6 Å². The number of nitrogens with zero attached hydrogens (tertiary/aromatic N) is 3. The van der Waals surface area contributed by atoms with Crippen LogP contribution in [0, 0.1) is 17.3 Å². The van der Waals surface area contributed by atoms with Gasteiger partial charge >= 0.3 is 6.09 Å². The average Bonchev–Trinajstić information content (AvgIpc) is 3.60. The summed E-state index contributed by atoms with van der Waals surface area (Å²) in [7, 11) is 0. The van der Waals surface area contributed by atoms with E-state index in [2.05, 4.69) is 5.32 Å². The summed E-state index contributed by atoms with van der Waals surface area (Å²) in [6.45, 7) is 7.83. The minimum absolute atomic E-state index is 0.149. The van der Waals surface area contributed by atoms with Crippen LogP contribution in [0.2, 0.25) is 0 Å². The molecule has 2 saturated carbocycles. The summed E-state index contributed by atoms with van der Waals surface area (Å²) in [6, 6.07) is 4.24. The molecule has 2 aromatic rings. The van der Waals surface area contributed by atoms with Gasteiger partial charge in [-0.3, -0.25) is 4.79 Å². The first-order chi connectivity index (χ1) is 21.1. The van der Waals surface area contributed by atoms with Crippen molar-refractivity contribution in [1.82, 2.24) is 20.2 Å². The van der Waals surface area contributed by atoms with Gasteiger partial charge in [0.1, 0.15) is 36.0 Å². The molecule has 6 rings (SSSR count). The zero-order chi connectivity index (χ0) is 31.0. The molecule has 0 unspecified atom stereocenters. The molecule has 0 spiro atoms. The molecule has 6 atom stereocenters. The van der Waals surface area contributed by atoms with Crippen LogP contribution >= 0.6 is 0 Å². The van der Waals surface area contributed by atoms with Crippen LogP contribution in [-0.4, -0.2) is 70.1 Å². The number of carbonyl (C=O) groups is 3. The van der Waals surface area contributed by atoms with Crippen LogP contribution in [-0.2, 0) is 20.7 Å². The summed E-state index contributed by atoms with van der Waals surface area (Å²) in [6.07, 6.45) is 9.59. The van der Waals surface area contributed by atoms with Gasteiger partial charge in [0.05, 0.1) is 29.7 Å². The Morgan fingerprint density at radius 1 is 0.955 bits per heavy atom. The molecule has 10 heteroatoms. The van der Waals surface area contributed by atoms with Gasteiger partial charge in [0.25, 0.3) is 0 Å². The normalized spacial score (nSPS) is 30.3. The highest BCUT2D eigenvalue weighted by Crippen LogP contribution is 2.35. The number of hydrogen-bond donors (Lipinski definition) is 1. The molecule has 1 aromatic heterocycles. The highest BCUT2D eigenvalue weighted by molar-refractivity contribution is 5.89. The summed E-state index contributed by atoms with van der Waals surface area (Å²) in [4.78, 5) is 51.1. The van der Waals surface area contributed by atoms with E-state index in [1.165, 1.54) is 0 Å². The summed E-state index contributed by atoms with van der Waals surface area (Å²) in [5.74, 6) is 0.920. The predicted octanol–water partition coefficient (Wildman–Crippen LogP) is 5.39. The second-order valence-electron chi connectivity index (χ2n) is 14.3. The minimum atomic E-state index is -0.872. The van der Waals surface area contributed by atoms with E-state index >= 15 is 0 Å². The lowest BCUT2D eigenvalue weighted by Gasteiger charge is -2.35. The molecule has 238 valence electrons. The quantitative estimate of drug-likeness (QED) is 0.462. The van der Waals surface area contributed by atoms with Gasteiger partial charge in [-0.1, -0.05) is 40.5 Å². The van der Waals surface area contributed by atoms with E-state index in [0.29, 0.717) is 23.7 Å². The van der Waals surface area contributed by atoms with E-state index < -0.39 is 29.7 Å². The van der Waals surface area contributed by atoms with Crippen LogP contribution in [0.3, 0.4) is 0 Å². The van der Waals surface area contributed by atoms with Crippen molar-refractivity contribution < 1.29 is 28.6 Å². The zero-order valence-electron chi connectivity index (χ0n) is 26.4. The van der Waals surface area contributed by atoms with Crippen molar-refractivity contribution in [3.63, 3.8) is 0 Å². The number of benzene rings is 1. The number of carbonyl (C=O) groups excluding carboxylic acids is 3. The second kappa shape index (κ2) is 12.5. The smallest absolute Gasteiger partial charge is 0.408 e. The summed E-state index contributed by atoms with van der Waals surface area (Å²) < 4.78 is 18.5. The molecule has 2 bridgehead atoms. The first kappa shape index (κ1) is 30.6. The fourth-order valence-corrected chi connectivity index (χ4v) is 6.94. The molecule has 1 aromatic carbocycles. The Morgan fingerprint density at radius 3 is 2.50 bits per heavy atom. The van der Waals surface area contributed by atoms with Gasteiger partial charge in [0, 0.05) is 12.0 Å². The average molecular weight is 607 g/mol. The second-order valence-corrected chi connectivity index (χ2v) is 14.3. The first-order valence-corrected chi connectivity index (χ1v) is 16.5. The molecule has 3 heterocycles. The standard InChI is InChI=1S/C34H46N4O6/c1-20-27(19-39)38-18-29(20)43-31-25(35-24-16-15-23(17-26(24)36-31)42-22-13-14-22)11-7-5-6-9-21-10-8-12-28(21)44-33(41)37-30(32(38)40)34(2,3)4/h15-17,19-22,27-30H,5-14,18H2,1-4H3,(H,37,41)/t20-,21+,27+,28+,29-,30+/m0/s1. The maximum absolute atomic E-state index is 14.1. The number of ether oxygens (including phenoxy) is 3. The van der Waals surface area contributed by atoms with E-state index in [4.69, 9.17) is 24.2 Å². The summed E-state index contributed by atoms with van der Waals surface area (Å²) >= 11 is 0. The third-order valence-corrected chi connectivity index (χ3v) is 9.76. The molecule has 10 nitrogen and oxygen atoms in total. The van der Waals surface area contributed by atoms with E-state index in [-0.39, 0.29) is 30.6 Å². The molecule has 1 N–H and O–H groups in total. The van der Waals surface area contributed by atoms with Gasteiger partial charge < -0.3 is 29.2 Å². The topological polar surface area (TPSA) is 120 Å². The number of aldehydes is 1. The fraction of sp³-hybridized carbons (Fsp3) is 0.676. The van der Waals surface area contributed by atoms with E-state index in [1.54, 1.807) is 4.90 Å². The van der Waals surface area contributed by atoms with Gasteiger partial charge in [-0.25, -0.2) is 14.8 Å². The Kier molecular flexibility index (Phi) is 8.70. The van der Waals surface area contributed by atoms with Gasteiger partial charge in [-0.15, -0.1) is 0 Å². The van der Waals surface area contributed by atoms with E-state index in [1.807, 2.05) is 45.9 Å². The van der Waals surface area contributed by atoms with Crippen LogP contribution in [0.4, 0.5) is 4.79 Å². The van der Waals surface area contributed by atoms with Crippen molar-refractivity contribution in [2.45, 2.75) is 122 Å². The van der Waals surface area contributed by atoms with Gasteiger partial charge in [-0.05, 0) is 74.8 Å². The van der Waals surface area contributed by atoms with Crippen molar-refractivity contribution >= 4 is 29.3 Å². The maximum Gasteiger partial charge on any atom is 0.408 e. The van der Waals surface area contributed by atoms with Crippen LogP contribution in [0.15, 0.2) is 18.2 Å². The molecule has 2 amide bonds. The van der Waals surface area contributed by atoms with Crippen molar-refractivity contribution in [1.29, 1.82) is 0 Å². The van der Waals surface area contributed by atoms with Gasteiger partial charge in [-0.2, -0.15) is 0 Å². The number of aromatic nitrogens is 2. The molecular formula is C34H46N4O6. The third-order valence-electron chi connectivity index (χ3n) is 9.76. The Morgan fingerprint density at radius 2 is 1.75 bits per heavy atom. The van der Waals surface area contributed by atoms with Crippen LogP contribution in [0.5, 0.6) is 11.6 Å². The van der Waals surface area contributed by atoms with Crippen LogP contribution in [0.25, 0.3) is 11.0 Å². The molecule has 1 saturated heterocycles. The van der Waals surface area contributed by atoms with E-state index in [9.17, 15) is 14.4 Å². The number of alkyl carbamates (subject to hydrolysis) is 1. The monoisotopic (exact) mass is 606 g/mol. The molecule has 44 heavy (non-hydrogen) atoms. The highest BCUT2D eigenvalue weighted by Gasteiger charge is 2.47. The Bertz CT molecular complexity index is 1390. The van der Waals surface area contributed by atoms with Crippen molar-refractivity contribution in [3.05, 3.63) is 23.9 Å². The maximum atomic E-state index is 14.1. The SMILES string of the molecule is C[C@@H]1[C@@H]2CN(C(=O)[C@H](C(C)(C)C)NC(=O)O[C@@H]3CCC[C@H]3CCCCCc3nc4ccc(OC5CC5)cc4nc3O2)[C@@H]1C=O. The molecule has 0 radical (unpaired) electrons. The molecule has 4 aliphatic rings. The van der Waals surface area contributed by atoms with Crippen LogP contribution in [0.1, 0.15) is 91.2 Å². The number of amides is 2. The summed E-state index contributed by atoms with van der Waals surface area (Å²) in [5.41, 5.74) is 1.65. The highest BCUT2D eigenvalue weighted by atomic mass is 16.6.